The smallest absolute Gasteiger partial charge is 0.273 e. The molecule has 0 saturated heterocycles. The molecule has 0 fully saturated rings. The molecule has 27 heavy (non-hydrogen) atoms. The molecule has 6 nitrogen and oxygen atoms in total. The molecule has 1 N–H and O–H groups in total. The number of Topliss-reactive ketones (excluding diaryl/α,β-unsaturated/α-hetero) is 1. The van der Waals surface area contributed by atoms with Crippen molar-refractivity contribution in [3.8, 4) is 5.75 Å². The molecule has 0 unspecified atom stereocenters. The number of rotatable bonds is 7. The highest BCUT2D eigenvalue weighted by molar-refractivity contribution is 6.45. The lowest BCUT2D eigenvalue weighted by Crippen LogP contribution is -2.29. The van der Waals surface area contributed by atoms with Gasteiger partial charge in [-0.25, -0.2) is 0 Å². The minimum absolute atomic E-state index is 0.0264. The van der Waals surface area contributed by atoms with Gasteiger partial charge in [0.2, 0.25) is 0 Å². The number of likely N-dealkylation sites (N-methyl/N-ethyl adjacent to an activating group) is 1. The van der Waals surface area contributed by atoms with Gasteiger partial charge in [-0.15, -0.1) is 0 Å². The molecule has 1 amide bonds. The summed E-state index contributed by atoms with van der Waals surface area (Å²) in [5.41, 5.74) is 4.04. The fourth-order valence-electron chi connectivity index (χ4n) is 2.78. The van der Waals surface area contributed by atoms with Crippen molar-refractivity contribution < 1.29 is 19.2 Å². The van der Waals surface area contributed by atoms with E-state index >= 15 is 0 Å². The van der Waals surface area contributed by atoms with E-state index < -0.39 is 0 Å². The summed E-state index contributed by atoms with van der Waals surface area (Å²) in [7, 11) is 2.93. The molecule has 0 aromatic heterocycles. The quantitative estimate of drug-likeness (QED) is 0.463. The van der Waals surface area contributed by atoms with Gasteiger partial charge in [0.05, 0.1) is 0 Å². The Morgan fingerprint density at radius 3 is 2.41 bits per heavy atom. The Labute approximate surface area is 159 Å². The zero-order chi connectivity index (χ0) is 20.0. The minimum Gasteiger partial charge on any atom is -0.489 e. The predicted octanol–water partition coefficient (Wildman–Crippen LogP) is 3.18. The molecule has 0 aliphatic carbocycles. The van der Waals surface area contributed by atoms with Crippen LogP contribution in [0.2, 0.25) is 0 Å². The van der Waals surface area contributed by atoms with Gasteiger partial charge >= 0.3 is 0 Å². The zero-order valence-corrected chi connectivity index (χ0v) is 16.3. The molecule has 2 aromatic rings. The van der Waals surface area contributed by atoms with Crippen LogP contribution in [0.5, 0.6) is 5.75 Å². The first-order valence-electron chi connectivity index (χ1n) is 8.55. The van der Waals surface area contributed by atoms with Gasteiger partial charge in [-0.05, 0) is 49.6 Å². The number of ether oxygens (including phenoxy) is 1. The molecule has 0 bridgehead atoms. The van der Waals surface area contributed by atoms with E-state index in [2.05, 4.69) is 10.5 Å². The SMILES string of the molecule is CNC(=O)/C(=N/OC)c1ccccc1COc1cc(C)c(C(C)=O)cc1C. The van der Waals surface area contributed by atoms with Crippen molar-refractivity contribution in [3.63, 3.8) is 0 Å². The summed E-state index contributed by atoms with van der Waals surface area (Å²) in [6.07, 6.45) is 0. The predicted molar refractivity (Wildman–Crippen MR) is 104 cm³/mol. The number of carbonyl (C=O) groups is 2. The normalized spacial score (nSPS) is 11.1. The van der Waals surface area contributed by atoms with Gasteiger partial charge in [-0.2, -0.15) is 0 Å². The van der Waals surface area contributed by atoms with Crippen molar-refractivity contribution in [1.29, 1.82) is 0 Å². The Balaban J connectivity index is 2.32. The van der Waals surface area contributed by atoms with Crippen LogP contribution >= 0.6 is 0 Å². The number of hydrogen-bond acceptors (Lipinski definition) is 5. The third-order valence-electron chi connectivity index (χ3n) is 4.18. The van der Waals surface area contributed by atoms with Gasteiger partial charge in [0.1, 0.15) is 19.5 Å². The average Bonchev–Trinajstić information content (AvgIpc) is 2.66. The molecule has 0 atom stereocenters. The van der Waals surface area contributed by atoms with E-state index in [0.29, 0.717) is 16.9 Å². The Morgan fingerprint density at radius 1 is 1.07 bits per heavy atom. The molecule has 6 heteroatoms. The number of aryl methyl sites for hydroxylation is 2. The number of carbonyl (C=O) groups excluding carboxylic acids is 2. The summed E-state index contributed by atoms with van der Waals surface area (Å²) >= 11 is 0. The second-order valence-corrected chi connectivity index (χ2v) is 6.14. The van der Waals surface area contributed by atoms with Crippen molar-refractivity contribution in [2.24, 2.45) is 5.16 Å². The van der Waals surface area contributed by atoms with Crippen molar-refractivity contribution in [1.82, 2.24) is 5.32 Å². The topological polar surface area (TPSA) is 77.0 Å². The van der Waals surface area contributed by atoms with Gasteiger partial charge < -0.3 is 14.9 Å². The van der Waals surface area contributed by atoms with E-state index in [4.69, 9.17) is 9.57 Å². The molecule has 2 aromatic carbocycles. The van der Waals surface area contributed by atoms with Crippen LogP contribution in [0.3, 0.4) is 0 Å². The molecule has 0 aliphatic rings. The first-order chi connectivity index (χ1) is 12.9. The maximum atomic E-state index is 12.1. The number of oxime groups is 1. The largest absolute Gasteiger partial charge is 0.489 e. The third kappa shape index (κ3) is 4.73. The maximum absolute atomic E-state index is 12.1. The van der Waals surface area contributed by atoms with E-state index in [1.165, 1.54) is 14.2 Å². The van der Waals surface area contributed by atoms with Crippen molar-refractivity contribution in [3.05, 3.63) is 64.2 Å². The molecule has 0 radical (unpaired) electrons. The van der Waals surface area contributed by atoms with Crippen LogP contribution in [0.4, 0.5) is 0 Å². The Kier molecular flexibility index (Phi) is 6.71. The summed E-state index contributed by atoms with van der Waals surface area (Å²) in [4.78, 5) is 28.6. The number of amides is 1. The molecular weight excluding hydrogens is 344 g/mol. The Bertz CT molecular complexity index is 888. The van der Waals surface area contributed by atoms with Gasteiger partial charge in [0.25, 0.3) is 5.91 Å². The standard InChI is InChI=1S/C21H24N2O4/c1-13-11-19(14(2)10-18(13)15(3)24)27-12-16-8-6-7-9-17(16)20(23-26-5)21(25)22-4/h6-11H,12H2,1-5H3,(H,22,25)/b23-20+. The number of hydrogen-bond donors (Lipinski definition) is 1. The van der Waals surface area contributed by atoms with Crippen LogP contribution in [0.25, 0.3) is 0 Å². The first kappa shape index (κ1) is 20.2. The van der Waals surface area contributed by atoms with E-state index in [1.54, 1.807) is 13.0 Å². The lowest BCUT2D eigenvalue weighted by molar-refractivity contribution is -0.114. The zero-order valence-electron chi connectivity index (χ0n) is 16.3. The van der Waals surface area contributed by atoms with Crippen LogP contribution in [-0.2, 0) is 16.2 Å². The molecule has 2 rings (SSSR count). The molecule has 0 spiro atoms. The molecular formula is C21H24N2O4. The number of nitrogens with one attached hydrogen (secondary N) is 1. The number of ketones is 1. The highest BCUT2D eigenvalue weighted by Gasteiger charge is 2.18. The van der Waals surface area contributed by atoms with Crippen LogP contribution in [0, 0.1) is 13.8 Å². The monoisotopic (exact) mass is 368 g/mol. The summed E-state index contributed by atoms with van der Waals surface area (Å²) in [5.74, 6) is 0.373. The number of nitrogens with zero attached hydrogens (tertiary/aromatic N) is 1. The maximum Gasteiger partial charge on any atom is 0.273 e. The minimum atomic E-state index is -0.345. The average molecular weight is 368 g/mol. The van der Waals surface area contributed by atoms with E-state index in [-0.39, 0.29) is 24.0 Å². The van der Waals surface area contributed by atoms with E-state index in [9.17, 15) is 9.59 Å². The second-order valence-electron chi connectivity index (χ2n) is 6.14. The van der Waals surface area contributed by atoms with Gasteiger partial charge in [-0.1, -0.05) is 29.4 Å². The molecule has 0 saturated carbocycles. The highest BCUT2D eigenvalue weighted by Crippen LogP contribution is 2.25. The second kappa shape index (κ2) is 8.98. The van der Waals surface area contributed by atoms with Crippen LogP contribution in [-0.4, -0.2) is 31.6 Å². The van der Waals surface area contributed by atoms with E-state index in [0.717, 1.165) is 16.7 Å². The molecule has 142 valence electrons. The third-order valence-corrected chi connectivity index (χ3v) is 4.18. The van der Waals surface area contributed by atoms with Gasteiger partial charge in [0, 0.05) is 18.2 Å². The fraction of sp³-hybridized carbons (Fsp3) is 0.286. The first-order valence-corrected chi connectivity index (χ1v) is 8.55. The lowest BCUT2D eigenvalue weighted by atomic mass is 10.0. The Hall–Kier alpha value is -3.15. The van der Waals surface area contributed by atoms with Crippen LogP contribution in [0.15, 0.2) is 41.6 Å². The highest BCUT2D eigenvalue weighted by atomic mass is 16.6. The molecule has 0 aliphatic heterocycles. The van der Waals surface area contributed by atoms with Gasteiger partial charge in [-0.3, -0.25) is 9.59 Å². The van der Waals surface area contributed by atoms with Crippen molar-refractivity contribution in [2.75, 3.05) is 14.2 Å². The Morgan fingerprint density at radius 2 is 1.78 bits per heavy atom. The fourth-order valence-corrected chi connectivity index (χ4v) is 2.78. The number of benzene rings is 2. The summed E-state index contributed by atoms with van der Waals surface area (Å²) in [6, 6.07) is 11.1. The summed E-state index contributed by atoms with van der Waals surface area (Å²) < 4.78 is 5.98. The van der Waals surface area contributed by atoms with Gasteiger partial charge in [0.15, 0.2) is 11.5 Å². The molecule has 0 heterocycles. The van der Waals surface area contributed by atoms with Crippen LogP contribution < -0.4 is 10.1 Å². The lowest BCUT2D eigenvalue weighted by Gasteiger charge is -2.15. The van der Waals surface area contributed by atoms with Crippen molar-refractivity contribution >= 4 is 17.4 Å². The van der Waals surface area contributed by atoms with Crippen LogP contribution in [0.1, 0.15) is 39.5 Å². The van der Waals surface area contributed by atoms with E-state index in [1.807, 2.05) is 44.2 Å². The summed E-state index contributed by atoms with van der Waals surface area (Å²) in [5, 5.41) is 6.42. The van der Waals surface area contributed by atoms with Crippen molar-refractivity contribution in [2.45, 2.75) is 27.4 Å². The summed E-state index contributed by atoms with van der Waals surface area (Å²) in [6.45, 7) is 5.57.